The molecule has 1 amide bonds. The number of fused-ring (bicyclic) bond motifs is 1. The summed E-state index contributed by atoms with van der Waals surface area (Å²) in [6.45, 7) is 1.04. The zero-order valence-electron chi connectivity index (χ0n) is 16.3. The summed E-state index contributed by atoms with van der Waals surface area (Å²) in [5.74, 6) is 2.11. The Morgan fingerprint density at radius 2 is 1.93 bits per heavy atom. The Morgan fingerprint density at radius 3 is 2.63 bits per heavy atom. The topological polar surface area (TPSA) is 82.3 Å². The summed E-state index contributed by atoms with van der Waals surface area (Å²) in [4.78, 5) is 18.0. The van der Waals surface area contributed by atoms with E-state index in [2.05, 4.69) is 27.8 Å². The number of aromatic nitrogens is 1. The molecule has 1 aliphatic rings. The second-order valence-electron chi connectivity index (χ2n) is 7.03. The molecule has 7 heteroatoms. The van der Waals surface area contributed by atoms with Crippen LogP contribution in [0.3, 0.4) is 0 Å². The minimum atomic E-state index is -3.67. The third-order valence-electron chi connectivity index (χ3n) is 5.21. The molecule has 2 aromatic carbocycles. The predicted octanol–water partition coefficient (Wildman–Crippen LogP) is 3.01. The Morgan fingerprint density at radius 1 is 1.17 bits per heavy atom. The zero-order valence-corrected chi connectivity index (χ0v) is 17.1. The molecule has 30 heavy (non-hydrogen) atoms. The quantitative estimate of drug-likeness (QED) is 0.624. The minimum absolute atomic E-state index is 0.0782. The van der Waals surface area contributed by atoms with E-state index in [0.717, 1.165) is 11.9 Å². The van der Waals surface area contributed by atoms with Crippen molar-refractivity contribution >= 4 is 32.4 Å². The smallest absolute Gasteiger partial charge is 0.254 e. The van der Waals surface area contributed by atoms with E-state index in [9.17, 15) is 13.2 Å². The average Bonchev–Trinajstić information content (AvgIpc) is 3.22. The van der Waals surface area contributed by atoms with Gasteiger partial charge in [-0.2, -0.15) is 4.72 Å². The maximum Gasteiger partial charge on any atom is 0.254 e. The summed E-state index contributed by atoms with van der Waals surface area (Å²) in [6.07, 6.45) is 9.95. The first-order valence-corrected chi connectivity index (χ1v) is 11.1. The van der Waals surface area contributed by atoms with Crippen molar-refractivity contribution in [3.05, 3.63) is 71.9 Å². The van der Waals surface area contributed by atoms with Crippen molar-refractivity contribution in [2.75, 3.05) is 19.6 Å². The number of terminal acetylenes is 1. The van der Waals surface area contributed by atoms with E-state index in [1.165, 1.54) is 40.8 Å². The molecule has 0 saturated heterocycles. The first kappa shape index (κ1) is 20.0. The summed E-state index contributed by atoms with van der Waals surface area (Å²) in [5.41, 5.74) is 3.94. The van der Waals surface area contributed by atoms with Crippen LogP contribution >= 0.6 is 0 Å². The van der Waals surface area contributed by atoms with Gasteiger partial charge < -0.3 is 9.88 Å². The summed E-state index contributed by atoms with van der Waals surface area (Å²) in [7, 11) is -3.67. The summed E-state index contributed by atoms with van der Waals surface area (Å²) in [6, 6.07) is 14.1. The molecule has 3 aromatic rings. The molecule has 0 spiro atoms. The second-order valence-corrected chi connectivity index (χ2v) is 8.80. The number of hydrogen-bond acceptors (Lipinski definition) is 3. The lowest BCUT2D eigenvalue weighted by molar-refractivity contribution is 0.0773. The normalized spacial score (nSPS) is 14.4. The SMILES string of the molecule is C#CCNS(=O)(=O)c1ccc(C(=O)N2CC=C(c3c[nH]c4ccccc34)CC2)cc1. The lowest BCUT2D eigenvalue weighted by Gasteiger charge is -2.26. The molecular formula is C23H21N3O3S. The van der Waals surface area contributed by atoms with Gasteiger partial charge in [0.1, 0.15) is 0 Å². The molecule has 0 fully saturated rings. The minimum Gasteiger partial charge on any atom is -0.361 e. The van der Waals surface area contributed by atoms with Gasteiger partial charge >= 0.3 is 0 Å². The monoisotopic (exact) mass is 419 g/mol. The number of para-hydroxylation sites is 1. The number of rotatable bonds is 5. The second kappa shape index (κ2) is 8.19. The van der Waals surface area contributed by atoms with Gasteiger partial charge in [-0.3, -0.25) is 4.79 Å². The molecule has 6 nitrogen and oxygen atoms in total. The number of nitrogens with one attached hydrogen (secondary N) is 2. The van der Waals surface area contributed by atoms with Crippen LogP contribution in [0.2, 0.25) is 0 Å². The van der Waals surface area contributed by atoms with E-state index in [0.29, 0.717) is 18.7 Å². The van der Waals surface area contributed by atoms with Gasteiger partial charge in [0.05, 0.1) is 11.4 Å². The van der Waals surface area contributed by atoms with Crippen LogP contribution < -0.4 is 4.72 Å². The molecule has 2 N–H and O–H groups in total. The van der Waals surface area contributed by atoms with Crippen molar-refractivity contribution in [2.45, 2.75) is 11.3 Å². The van der Waals surface area contributed by atoms with Gasteiger partial charge in [-0.1, -0.05) is 30.2 Å². The Bertz CT molecular complexity index is 1270. The molecule has 0 aliphatic carbocycles. The molecule has 2 heterocycles. The van der Waals surface area contributed by atoms with Crippen molar-refractivity contribution in [3.8, 4) is 12.3 Å². The number of carbonyl (C=O) groups excluding carboxylic acids is 1. The van der Waals surface area contributed by atoms with E-state index in [1.54, 1.807) is 4.90 Å². The number of nitrogens with zero attached hydrogens (tertiary/aromatic N) is 1. The number of aromatic amines is 1. The van der Waals surface area contributed by atoms with Crippen LogP contribution in [0.5, 0.6) is 0 Å². The highest BCUT2D eigenvalue weighted by atomic mass is 32.2. The Balaban J connectivity index is 1.47. The Kier molecular flexibility index (Phi) is 5.44. The van der Waals surface area contributed by atoms with Crippen LogP contribution in [0.4, 0.5) is 0 Å². The summed E-state index contributed by atoms with van der Waals surface area (Å²) in [5, 5.41) is 1.18. The van der Waals surface area contributed by atoms with Crippen LogP contribution in [0, 0.1) is 12.3 Å². The average molecular weight is 420 g/mol. The number of carbonyl (C=O) groups is 1. The van der Waals surface area contributed by atoms with Crippen LogP contribution in [0.1, 0.15) is 22.3 Å². The fourth-order valence-corrected chi connectivity index (χ4v) is 4.55. The van der Waals surface area contributed by atoms with E-state index in [-0.39, 0.29) is 17.3 Å². The van der Waals surface area contributed by atoms with Gasteiger partial charge in [0.25, 0.3) is 5.91 Å². The van der Waals surface area contributed by atoms with Crippen molar-refractivity contribution < 1.29 is 13.2 Å². The van der Waals surface area contributed by atoms with E-state index in [1.807, 2.05) is 24.4 Å². The van der Waals surface area contributed by atoms with Crippen molar-refractivity contribution in [2.24, 2.45) is 0 Å². The van der Waals surface area contributed by atoms with Gasteiger partial charge in [-0.15, -0.1) is 6.42 Å². The number of benzene rings is 2. The number of sulfonamides is 1. The molecule has 1 aliphatic heterocycles. The molecule has 0 unspecified atom stereocenters. The van der Waals surface area contributed by atoms with Crippen molar-refractivity contribution in [1.82, 2.24) is 14.6 Å². The number of amides is 1. The standard InChI is InChI=1S/C23H21N3O3S/c1-2-13-25-30(28,29)19-9-7-18(8-10-19)23(27)26-14-11-17(12-15-26)21-16-24-22-6-4-3-5-20(21)22/h1,3-11,16,24-25H,12-15H2. The van der Waals surface area contributed by atoms with Crippen LogP contribution in [0.15, 0.2) is 65.7 Å². The largest absolute Gasteiger partial charge is 0.361 e. The highest BCUT2D eigenvalue weighted by Crippen LogP contribution is 2.29. The first-order chi connectivity index (χ1) is 14.5. The molecule has 0 atom stereocenters. The predicted molar refractivity (Wildman–Crippen MR) is 117 cm³/mol. The van der Waals surface area contributed by atoms with Gasteiger partial charge in [0.2, 0.25) is 10.0 Å². The van der Waals surface area contributed by atoms with Gasteiger partial charge in [0, 0.05) is 41.3 Å². The van der Waals surface area contributed by atoms with E-state index >= 15 is 0 Å². The highest BCUT2D eigenvalue weighted by Gasteiger charge is 2.21. The van der Waals surface area contributed by atoms with Crippen LogP contribution in [-0.2, 0) is 10.0 Å². The molecule has 0 saturated carbocycles. The van der Waals surface area contributed by atoms with Crippen LogP contribution in [0.25, 0.3) is 16.5 Å². The van der Waals surface area contributed by atoms with E-state index in [4.69, 9.17) is 6.42 Å². The fourth-order valence-electron chi connectivity index (χ4n) is 3.61. The first-order valence-electron chi connectivity index (χ1n) is 9.57. The lowest BCUT2D eigenvalue weighted by atomic mass is 9.98. The molecule has 4 rings (SSSR count). The Labute approximate surface area is 175 Å². The lowest BCUT2D eigenvalue weighted by Crippen LogP contribution is -2.34. The zero-order chi connectivity index (χ0) is 21.1. The molecule has 0 radical (unpaired) electrons. The van der Waals surface area contributed by atoms with Crippen LogP contribution in [-0.4, -0.2) is 43.8 Å². The Hall–Kier alpha value is -3.34. The fraction of sp³-hybridized carbons (Fsp3) is 0.174. The number of hydrogen-bond donors (Lipinski definition) is 2. The molecular weight excluding hydrogens is 398 g/mol. The van der Waals surface area contributed by atoms with Gasteiger partial charge in [-0.05, 0) is 42.3 Å². The van der Waals surface area contributed by atoms with E-state index < -0.39 is 10.0 Å². The number of H-pyrrole nitrogens is 1. The highest BCUT2D eigenvalue weighted by molar-refractivity contribution is 7.89. The van der Waals surface area contributed by atoms with Gasteiger partial charge in [-0.25, -0.2) is 8.42 Å². The van der Waals surface area contributed by atoms with Crippen molar-refractivity contribution in [1.29, 1.82) is 0 Å². The molecule has 0 bridgehead atoms. The summed E-state index contributed by atoms with van der Waals surface area (Å²) < 4.78 is 26.5. The van der Waals surface area contributed by atoms with Crippen molar-refractivity contribution in [3.63, 3.8) is 0 Å². The molecule has 152 valence electrons. The van der Waals surface area contributed by atoms with Gasteiger partial charge in [0.15, 0.2) is 0 Å². The third kappa shape index (κ3) is 3.88. The molecule has 1 aromatic heterocycles. The summed E-state index contributed by atoms with van der Waals surface area (Å²) >= 11 is 0. The maximum absolute atomic E-state index is 12.8. The third-order valence-corrected chi connectivity index (χ3v) is 6.62. The maximum atomic E-state index is 12.8.